The smallest absolute Gasteiger partial charge is 0.127 e. The van der Waals surface area contributed by atoms with Gasteiger partial charge in [-0.1, -0.05) is 24.8 Å². The van der Waals surface area contributed by atoms with Gasteiger partial charge in [0.15, 0.2) is 0 Å². The summed E-state index contributed by atoms with van der Waals surface area (Å²) in [5, 5.41) is 6.72. The van der Waals surface area contributed by atoms with E-state index in [0.29, 0.717) is 0 Å². The summed E-state index contributed by atoms with van der Waals surface area (Å²) < 4.78 is 5.78. The molecule has 0 aromatic carbocycles. The standard InChI is InChI=1S/C18H19N3S3/c1-2-14-15(9-12(19)8-11-5-6-11)23-17-16(14)21-24-18(17)20-10-13-4-3-7-22-13/h1,3-4,7,11-12,20H,5-6,8-10,19H2/t12-/m0/s1. The molecule has 3 nitrogen and oxygen atoms in total. The molecule has 1 saturated carbocycles. The van der Waals surface area contributed by atoms with Crippen molar-refractivity contribution >= 4 is 49.4 Å². The predicted molar refractivity (Wildman–Crippen MR) is 106 cm³/mol. The van der Waals surface area contributed by atoms with Crippen LogP contribution in [0.1, 0.15) is 34.6 Å². The quantitative estimate of drug-likeness (QED) is 0.591. The van der Waals surface area contributed by atoms with Gasteiger partial charge in [0, 0.05) is 15.8 Å². The molecule has 3 aromatic rings. The van der Waals surface area contributed by atoms with Gasteiger partial charge in [0.2, 0.25) is 0 Å². The first kappa shape index (κ1) is 16.1. The lowest BCUT2D eigenvalue weighted by Gasteiger charge is -2.09. The summed E-state index contributed by atoms with van der Waals surface area (Å²) in [5.41, 5.74) is 8.24. The van der Waals surface area contributed by atoms with E-state index in [1.807, 2.05) is 0 Å². The molecule has 0 unspecified atom stereocenters. The Balaban J connectivity index is 1.55. The number of rotatable bonds is 7. The lowest BCUT2D eigenvalue weighted by molar-refractivity contribution is 0.570. The van der Waals surface area contributed by atoms with E-state index in [-0.39, 0.29) is 6.04 Å². The molecule has 3 heterocycles. The summed E-state index contributed by atoms with van der Waals surface area (Å²) in [7, 11) is 0. The molecule has 0 saturated heterocycles. The van der Waals surface area contributed by atoms with Crippen molar-refractivity contribution in [1.82, 2.24) is 4.37 Å². The third-order valence-electron chi connectivity index (χ3n) is 4.32. The SMILES string of the molecule is C#Cc1c(C[C@@H](N)CC2CC2)sc2c(NCc3cccs3)snc12. The van der Waals surface area contributed by atoms with E-state index < -0.39 is 0 Å². The zero-order chi connectivity index (χ0) is 16.5. The Morgan fingerprint density at radius 2 is 2.33 bits per heavy atom. The number of terminal acetylenes is 1. The van der Waals surface area contributed by atoms with Crippen LogP contribution in [0.3, 0.4) is 0 Å². The first-order valence-electron chi connectivity index (χ1n) is 8.14. The maximum Gasteiger partial charge on any atom is 0.127 e. The minimum absolute atomic E-state index is 0.207. The summed E-state index contributed by atoms with van der Waals surface area (Å²) in [5.74, 6) is 3.69. The number of nitrogens with one attached hydrogen (secondary N) is 1. The number of anilines is 1. The van der Waals surface area contributed by atoms with E-state index in [1.54, 1.807) is 22.7 Å². The third kappa shape index (κ3) is 3.35. The van der Waals surface area contributed by atoms with Gasteiger partial charge in [-0.2, -0.15) is 4.37 Å². The highest BCUT2D eigenvalue weighted by Gasteiger charge is 2.25. The summed E-state index contributed by atoms with van der Waals surface area (Å²) in [6.07, 6.45) is 10.4. The van der Waals surface area contributed by atoms with Crippen LogP contribution in [-0.4, -0.2) is 10.4 Å². The molecule has 0 bridgehead atoms. The highest BCUT2D eigenvalue weighted by Crippen LogP contribution is 2.40. The van der Waals surface area contributed by atoms with Crippen molar-refractivity contribution in [2.45, 2.75) is 38.3 Å². The van der Waals surface area contributed by atoms with Crippen molar-refractivity contribution in [3.63, 3.8) is 0 Å². The minimum atomic E-state index is 0.207. The average Bonchev–Trinajstić information content (AvgIpc) is 2.99. The highest BCUT2D eigenvalue weighted by molar-refractivity contribution is 7.24. The Kier molecular flexibility index (Phi) is 4.59. The van der Waals surface area contributed by atoms with Crippen LogP contribution in [0.15, 0.2) is 17.5 Å². The highest BCUT2D eigenvalue weighted by atomic mass is 32.1. The summed E-state index contributed by atoms with van der Waals surface area (Å²) in [4.78, 5) is 2.53. The Hall–Kier alpha value is -1.39. The number of nitrogens with two attached hydrogens (primary N) is 1. The molecule has 1 atom stereocenters. The molecule has 0 spiro atoms. The second-order valence-corrected chi connectivity index (χ2v) is 9.22. The Bertz CT molecular complexity index is 865. The Morgan fingerprint density at radius 3 is 3.04 bits per heavy atom. The van der Waals surface area contributed by atoms with Gasteiger partial charge in [-0.15, -0.1) is 29.1 Å². The second-order valence-electron chi connectivity index (χ2n) is 6.31. The van der Waals surface area contributed by atoms with Gasteiger partial charge in [-0.05, 0) is 41.7 Å². The second kappa shape index (κ2) is 6.85. The van der Waals surface area contributed by atoms with Crippen molar-refractivity contribution < 1.29 is 0 Å². The van der Waals surface area contributed by atoms with Gasteiger partial charge in [0.1, 0.15) is 10.5 Å². The van der Waals surface area contributed by atoms with E-state index in [9.17, 15) is 0 Å². The van der Waals surface area contributed by atoms with Crippen LogP contribution in [0, 0.1) is 18.3 Å². The Morgan fingerprint density at radius 1 is 1.46 bits per heavy atom. The van der Waals surface area contributed by atoms with Gasteiger partial charge < -0.3 is 11.1 Å². The first-order chi connectivity index (χ1) is 11.7. The molecular formula is C18H19N3S3. The largest absolute Gasteiger partial charge is 0.370 e. The van der Waals surface area contributed by atoms with Crippen LogP contribution in [0.25, 0.3) is 10.2 Å². The Labute approximate surface area is 154 Å². The molecule has 124 valence electrons. The number of hydrogen-bond acceptors (Lipinski definition) is 6. The zero-order valence-corrected chi connectivity index (χ0v) is 15.7. The van der Waals surface area contributed by atoms with E-state index in [0.717, 1.165) is 41.4 Å². The third-order valence-corrected chi connectivity index (χ3v) is 7.35. The monoisotopic (exact) mass is 373 g/mol. The average molecular weight is 374 g/mol. The van der Waals surface area contributed by atoms with Crippen molar-refractivity contribution in [2.75, 3.05) is 5.32 Å². The molecular weight excluding hydrogens is 354 g/mol. The molecule has 1 fully saturated rings. The summed E-state index contributed by atoms with van der Waals surface area (Å²) in [6.45, 7) is 0.828. The molecule has 4 rings (SSSR count). The number of nitrogens with zero attached hydrogens (tertiary/aromatic N) is 1. The fraction of sp³-hybridized carbons (Fsp3) is 0.389. The summed E-state index contributed by atoms with van der Waals surface area (Å²) in [6, 6.07) is 4.42. The van der Waals surface area contributed by atoms with Crippen LogP contribution in [0.4, 0.5) is 5.00 Å². The molecule has 1 aliphatic carbocycles. The van der Waals surface area contributed by atoms with Crippen molar-refractivity contribution in [1.29, 1.82) is 0 Å². The van der Waals surface area contributed by atoms with Crippen molar-refractivity contribution in [2.24, 2.45) is 11.7 Å². The van der Waals surface area contributed by atoms with E-state index in [1.165, 1.54) is 38.8 Å². The van der Waals surface area contributed by atoms with E-state index >= 15 is 0 Å². The van der Waals surface area contributed by atoms with Crippen LogP contribution >= 0.6 is 34.2 Å². The van der Waals surface area contributed by atoms with Gasteiger partial charge in [-0.3, -0.25) is 0 Å². The maximum absolute atomic E-state index is 6.33. The molecule has 0 radical (unpaired) electrons. The van der Waals surface area contributed by atoms with Crippen LogP contribution in [0.5, 0.6) is 0 Å². The van der Waals surface area contributed by atoms with Crippen molar-refractivity contribution in [3.05, 3.63) is 32.8 Å². The molecule has 0 aliphatic heterocycles. The van der Waals surface area contributed by atoms with E-state index in [2.05, 4.69) is 33.1 Å². The zero-order valence-electron chi connectivity index (χ0n) is 13.2. The molecule has 3 aromatic heterocycles. The van der Waals surface area contributed by atoms with Gasteiger partial charge in [0.25, 0.3) is 0 Å². The van der Waals surface area contributed by atoms with Crippen LogP contribution in [0.2, 0.25) is 0 Å². The topological polar surface area (TPSA) is 50.9 Å². The van der Waals surface area contributed by atoms with Gasteiger partial charge in [0.05, 0.1) is 16.8 Å². The minimum Gasteiger partial charge on any atom is -0.370 e. The lowest BCUT2D eigenvalue weighted by atomic mass is 10.0. The molecule has 6 heteroatoms. The van der Waals surface area contributed by atoms with Gasteiger partial charge >= 0.3 is 0 Å². The molecule has 24 heavy (non-hydrogen) atoms. The molecule has 3 N–H and O–H groups in total. The number of aromatic nitrogens is 1. The first-order valence-corrected chi connectivity index (χ1v) is 10.6. The lowest BCUT2D eigenvalue weighted by Crippen LogP contribution is -2.23. The number of hydrogen-bond donors (Lipinski definition) is 2. The number of fused-ring (bicyclic) bond motifs is 1. The number of thiophene rings is 2. The normalized spacial score (nSPS) is 15.5. The molecule has 1 aliphatic rings. The van der Waals surface area contributed by atoms with E-state index in [4.69, 9.17) is 12.2 Å². The van der Waals surface area contributed by atoms with Crippen LogP contribution < -0.4 is 11.1 Å². The fourth-order valence-electron chi connectivity index (χ4n) is 2.93. The molecule has 0 amide bonds. The maximum atomic E-state index is 6.33. The van der Waals surface area contributed by atoms with Crippen molar-refractivity contribution in [3.8, 4) is 12.3 Å². The fourth-order valence-corrected chi connectivity index (χ4v) is 5.76. The predicted octanol–water partition coefficient (Wildman–Crippen LogP) is 4.68. The van der Waals surface area contributed by atoms with Crippen LogP contribution in [-0.2, 0) is 13.0 Å². The summed E-state index contributed by atoms with van der Waals surface area (Å²) >= 11 is 5.02. The van der Waals surface area contributed by atoms with Gasteiger partial charge in [-0.25, -0.2) is 0 Å².